The van der Waals surface area contributed by atoms with Gasteiger partial charge in [-0.1, -0.05) is 44.2 Å². The van der Waals surface area contributed by atoms with Crippen LogP contribution in [-0.2, 0) is 6.54 Å². The topological polar surface area (TPSA) is 45.2 Å². The second kappa shape index (κ2) is 6.49. The fourth-order valence-corrected chi connectivity index (χ4v) is 3.69. The molecule has 3 rings (SSSR count). The lowest BCUT2D eigenvalue weighted by Crippen LogP contribution is -2.28. The van der Waals surface area contributed by atoms with E-state index >= 15 is 0 Å². The minimum atomic E-state index is -0.367. The first-order chi connectivity index (χ1) is 10.6. The third-order valence-electron chi connectivity index (χ3n) is 4.43. The van der Waals surface area contributed by atoms with Gasteiger partial charge in [0.25, 0.3) is 0 Å². The van der Waals surface area contributed by atoms with Crippen LogP contribution in [0.1, 0.15) is 54.2 Å². The first kappa shape index (κ1) is 15.7. The Labute approximate surface area is 136 Å². The number of aliphatic hydroxyl groups is 1. The monoisotopic (exact) mass is 316 g/mol. The van der Waals surface area contributed by atoms with Gasteiger partial charge in [-0.3, -0.25) is 0 Å². The Hall–Kier alpha value is -1.23. The van der Waals surface area contributed by atoms with Crippen LogP contribution in [0.2, 0.25) is 0 Å². The number of nitrogens with one attached hydrogen (secondary N) is 1. The molecule has 1 atom stereocenters. The Kier molecular flexibility index (Phi) is 4.62. The molecule has 4 heteroatoms. The van der Waals surface area contributed by atoms with E-state index in [1.54, 1.807) is 11.3 Å². The fraction of sp³-hybridized carbons (Fsp3) is 0.500. The van der Waals surface area contributed by atoms with E-state index < -0.39 is 0 Å². The van der Waals surface area contributed by atoms with E-state index in [-0.39, 0.29) is 11.5 Å². The standard InChI is InChI=1S/C18H24N2OS/c1-13(2)17-20-11-15(22-17)10-19-12-18(8-9-18)16(21)14-6-4-3-5-7-14/h3-7,11,13,16,19,21H,8-10,12H2,1-2H3. The number of hydrogen-bond donors (Lipinski definition) is 2. The summed E-state index contributed by atoms with van der Waals surface area (Å²) in [6.45, 7) is 6.04. The number of benzene rings is 1. The van der Waals surface area contributed by atoms with Crippen molar-refractivity contribution in [3.63, 3.8) is 0 Å². The molecule has 2 N–H and O–H groups in total. The summed E-state index contributed by atoms with van der Waals surface area (Å²) in [6, 6.07) is 10.0. The highest BCUT2D eigenvalue weighted by Crippen LogP contribution is 2.54. The molecule has 1 aromatic carbocycles. The molecule has 1 aromatic heterocycles. The van der Waals surface area contributed by atoms with E-state index in [9.17, 15) is 5.11 Å². The highest BCUT2D eigenvalue weighted by atomic mass is 32.1. The molecule has 1 aliphatic rings. The second-order valence-electron chi connectivity index (χ2n) is 6.60. The maximum atomic E-state index is 10.6. The van der Waals surface area contributed by atoms with E-state index in [4.69, 9.17) is 0 Å². The van der Waals surface area contributed by atoms with Crippen LogP contribution in [0.25, 0.3) is 0 Å². The van der Waals surface area contributed by atoms with E-state index in [0.29, 0.717) is 5.92 Å². The summed E-state index contributed by atoms with van der Waals surface area (Å²) in [6.07, 6.45) is 3.79. The number of aromatic nitrogens is 1. The van der Waals surface area contributed by atoms with Gasteiger partial charge in [0.1, 0.15) is 0 Å². The lowest BCUT2D eigenvalue weighted by Gasteiger charge is -2.23. The lowest BCUT2D eigenvalue weighted by atomic mass is 9.93. The van der Waals surface area contributed by atoms with E-state index in [2.05, 4.69) is 24.1 Å². The predicted octanol–water partition coefficient (Wildman–Crippen LogP) is 3.87. The maximum Gasteiger partial charge on any atom is 0.0953 e. The predicted molar refractivity (Wildman–Crippen MR) is 91.0 cm³/mol. The number of nitrogens with zero attached hydrogens (tertiary/aromatic N) is 1. The van der Waals surface area contributed by atoms with Gasteiger partial charge in [0.05, 0.1) is 11.1 Å². The summed E-state index contributed by atoms with van der Waals surface area (Å²) in [4.78, 5) is 5.73. The summed E-state index contributed by atoms with van der Waals surface area (Å²) in [7, 11) is 0. The minimum absolute atomic E-state index is 0.0208. The van der Waals surface area contributed by atoms with Crippen molar-refractivity contribution in [3.8, 4) is 0 Å². The fourth-order valence-electron chi connectivity index (χ4n) is 2.80. The van der Waals surface area contributed by atoms with Crippen molar-refractivity contribution in [2.75, 3.05) is 6.54 Å². The van der Waals surface area contributed by atoms with Crippen molar-refractivity contribution in [1.82, 2.24) is 10.3 Å². The zero-order valence-electron chi connectivity index (χ0n) is 13.2. The van der Waals surface area contributed by atoms with Crippen molar-refractivity contribution < 1.29 is 5.11 Å². The van der Waals surface area contributed by atoms with Gasteiger partial charge in [0, 0.05) is 35.5 Å². The van der Waals surface area contributed by atoms with Crippen molar-refractivity contribution in [1.29, 1.82) is 0 Å². The Balaban J connectivity index is 1.54. The van der Waals surface area contributed by atoms with Crippen molar-refractivity contribution in [2.24, 2.45) is 5.41 Å². The van der Waals surface area contributed by atoms with E-state index in [1.807, 2.05) is 36.5 Å². The molecule has 1 aliphatic carbocycles. The van der Waals surface area contributed by atoms with Crippen LogP contribution >= 0.6 is 11.3 Å². The smallest absolute Gasteiger partial charge is 0.0953 e. The van der Waals surface area contributed by atoms with Gasteiger partial charge in [0.15, 0.2) is 0 Å². The zero-order chi connectivity index (χ0) is 15.6. The molecular formula is C18H24N2OS. The first-order valence-electron chi connectivity index (χ1n) is 7.99. The molecule has 0 amide bonds. The van der Waals surface area contributed by atoms with Gasteiger partial charge in [0.2, 0.25) is 0 Å². The zero-order valence-corrected chi connectivity index (χ0v) is 14.1. The average Bonchev–Trinajstić information content (AvgIpc) is 3.16. The lowest BCUT2D eigenvalue weighted by molar-refractivity contribution is 0.0918. The van der Waals surface area contributed by atoms with Gasteiger partial charge in [-0.15, -0.1) is 11.3 Å². The highest BCUT2D eigenvalue weighted by molar-refractivity contribution is 7.11. The summed E-state index contributed by atoms with van der Waals surface area (Å²) in [5.41, 5.74) is 1.05. The van der Waals surface area contributed by atoms with E-state index in [0.717, 1.165) is 31.5 Å². The van der Waals surface area contributed by atoms with Crippen LogP contribution in [0.4, 0.5) is 0 Å². The normalized spacial score (nSPS) is 17.6. The number of hydrogen-bond acceptors (Lipinski definition) is 4. The average molecular weight is 316 g/mol. The van der Waals surface area contributed by atoms with Crippen LogP contribution in [0.3, 0.4) is 0 Å². The molecule has 0 radical (unpaired) electrons. The van der Waals surface area contributed by atoms with Crippen LogP contribution in [0.15, 0.2) is 36.5 Å². The van der Waals surface area contributed by atoms with Gasteiger partial charge in [-0.25, -0.2) is 4.98 Å². The Morgan fingerprint density at radius 1 is 1.27 bits per heavy atom. The van der Waals surface area contributed by atoms with Crippen molar-refractivity contribution >= 4 is 11.3 Å². The Morgan fingerprint density at radius 2 is 2.00 bits per heavy atom. The molecular weight excluding hydrogens is 292 g/mol. The van der Waals surface area contributed by atoms with E-state index in [1.165, 1.54) is 9.88 Å². The molecule has 0 saturated heterocycles. The molecule has 1 saturated carbocycles. The van der Waals surface area contributed by atoms with Gasteiger partial charge in [-0.05, 0) is 18.4 Å². The minimum Gasteiger partial charge on any atom is -0.388 e. The summed E-state index contributed by atoms with van der Waals surface area (Å²) in [5, 5.41) is 15.3. The van der Waals surface area contributed by atoms with Crippen LogP contribution in [-0.4, -0.2) is 16.6 Å². The van der Waals surface area contributed by atoms with Gasteiger partial charge >= 0.3 is 0 Å². The molecule has 1 heterocycles. The molecule has 1 unspecified atom stereocenters. The van der Waals surface area contributed by atoms with Crippen LogP contribution in [0, 0.1) is 5.41 Å². The molecule has 0 aliphatic heterocycles. The Morgan fingerprint density at radius 3 is 2.59 bits per heavy atom. The molecule has 2 aromatic rings. The molecule has 118 valence electrons. The summed E-state index contributed by atoms with van der Waals surface area (Å²) >= 11 is 1.78. The van der Waals surface area contributed by atoms with Gasteiger partial charge < -0.3 is 10.4 Å². The third-order valence-corrected chi connectivity index (χ3v) is 5.73. The molecule has 22 heavy (non-hydrogen) atoms. The highest BCUT2D eigenvalue weighted by Gasteiger charge is 2.48. The summed E-state index contributed by atoms with van der Waals surface area (Å²) < 4.78 is 0. The van der Waals surface area contributed by atoms with Crippen LogP contribution in [0.5, 0.6) is 0 Å². The molecule has 1 fully saturated rings. The summed E-state index contributed by atoms with van der Waals surface area (Å²) in [5.74, 6) is 0.494. The number of aliphatic hydroxyl groups excluding tert-OH is 1. The molecule has 0 bridgehead atoms. The van der Waals surface area contributed by atoms with Crippen LogP contribution < -0.4 is 5.32 Å². The third kappa shape index (κ3) is 3.40. The van der Waals surface area contributed by atoms with Crippen molar-refractivity contribution in [3.05, 3.63) is 52.0 Å². The number of thiazole rings is 1. The SMILES string of the molecule is CC(C)c1ncc(CNCC2(C(O)c3ccccc3)CC2)s1. The largest absolute Gasteiger partial charge is 0.388 e. The number of rotatable bonds is 7. The first-order valence-corrected chi connectivity index (χ1v) is 8.81. The van der Waals surface area contributed by atoms with Gasteiger partial charge in [-0.2, -0.15) is 0 Å². The molecule has 3 nitrogen and oxygen atoms in total. The second-order valence-corrected chi connectivity index (χ2v) is 7.75. The van der Waals surface area contributed by atoms with Crippen molar-refractivity contribution in [2.45, 2.75) is 45.3 Å². The quantitative estimate of drug-likeness (QED) is 0.815. The molecule has 0 spiro atoms. The Bertz CT molecular complexity index is 605. The maximum absolute atomic E-state index is 10.6.